The highest BCUT2D eigenvalue weighted by Crippen LogP contribution is 2.32. The molecule has 1 heterocycles. The molecule has 2 fully saturated rings. The lowest BCUT2D eigenvalue weighted by Gasteiger charge is -2.30. The SMILES string of the molecule is N#CC1CC(F)CN1C(=O)CNC1CCC(c2ccccc2)CC1. The Labute approximate surface area is 142 Å². The van der Waals surface area contributed by atoms with Crippen LogP contribution in [0.5, 0.6) is 0 Å². The van der Waals surface area contributed by atoms with Crippen LogP contribution in [0.3, 0.4) is 0 Å². The minimum atomic E-state index is -1.07. The normalized spacial score (nSPS) is 30.1. The van der Waals surface area contributed by atoms with Crippen molar-refractivity contribution in [2.45, 2.75) is 56.3 Å². The molecule has 1 N–H and O–H groups in total. The first-order chi connectivity index (χ1) is 11.7. The third-order valence-electron chi connectivity index (χ3n) is 5.26. The van der Waals surface area contributed by atoms with Crippen molar-refractivity contribution >= 4 is 5.91 Å². The molecule has 1 saturated heterocycles. The van der Waals surface area contributed by atoms with E-state index < -0.39 is 12.2 Å². The Morgan fingerprint density at radius 2 is 1.96 bits per heavy atom. The molecule has 3 rings (SSSR count). The van der Waals surface area contributed by atoms with Gasteiger partial charge in [0.2, 0.25) is 5.91 Å². The van der Waals surface area contributed by atoms with Gasteiger partial charge in [0.05, 0.1) is 19.2 Å². The first kappa shape index (κ1) is 16.9. The van der Waals surface area contributed by atoms with Crippen molar-refractivity contribution in [1.82, 2.24) is 10.2 Å². The lowest BCUT2D eigenvalue weighted by atomic mass is 9.82. The fourth-order valence-electron chi connectivity index (χ4n) is 3.87. The van der Waals surface area contributed by atoms with Gasteiger partial charge < -0.3 is 10.2 Å². The topological polar surface area (TPSA) is 56.1 Å². The first-order valence-corrected chi connectivity index (χ1v) is 8.79. The van der Waals surface area contributed by atoms with Crippen LogP contribution in [0.25, 0.3) is 0 Å². The van der Waals surface area contributed by atoms with Gasteiger partial charge in [-0.15, -0.1) is 0 Å². The highest BCUT2D eigenvalue weighted by Gasteiger charge is 2.35. The number of carbonyl (C=O) groups is 1. The highest BCUT2D eigenvalue weighted by atomic mass is 19.1. The zero-order valence-electron chi connectivity index (χ0n) is 13.8. The molecule has 2 unspecified atom stereocenters. The second-order valence-corrected chi connectivity index (χ2v) is 6.86. The van der Waals surface area contributed by atoms with Gasteiger partial charge in [-0.2, -0.15) is 5.26 Å². The number of alkyl halides is 1. The van der Waals surface area contributed by atoms with Crippen LogP contribution in [0.2, 0.25) is 0 Å². The van der Waals surface area contributed by atoms with Crippen LogP contribution in [-0.4, -0.2) is 42.2 Å². The van der Waals surface area contributed by atoms with Gasteiger partial charge in [0.15, 0.2) is 0 Å². The summed E-state index contributed by atoms with van der Waals surface area (Å²) in [5, 5.41) is 12.3. The molecule has 128 valence electrons. The standard InChI is InChI=1S/C19H24FN3O/c20-16-10-18(11-21)23(13-16)19(24)12-22-17-8-6-15(7-9-17)14-4-2-1-3-5-14/h1-5,15-18,22H,6-10,12-13H2. The summed E-state index contributed by atoms with van der Waals surface area (Å²) in [6.45, 7) is 0.255. The van der Waals surface area contributed by atoms with Crippen LogP contribution in [0, 0.1) is 11.3 Å². The summed E-state index contributed by atoms with van der Waals surface area (Å²) in [5.41, 5.74) is 1.40. The minimum Gasteiger partial charge on any atom is -0.323 e. The van der Waals surface area contributed by atoms with Crippen LogP contribution in [0.4, 0.5) is 4.39 Å². The van der Waals surface area contributed by atoms with E-state index in [1.165, 1.54) is 10.5 Å². The third kappa shape index (κ3) is 3.93. The Bertz CT molecular complexity index is 592. The van der Waals surface area contributed by atoms with E-state index in [9.17, 15) is 9.18 Å². The molecule has 1 aromatic carbocycles. The second-order valence-electron chi connectivity index (χ2n) is 6.86. The number of hydrogen-bond acceptors (Lipinski definition) is 3. The molecule has 1 aromatic rings. The lowest BCUT2D eigenvalue weighted by Crippen LogP contribution is -2.44. The van der Waals surface area contributed by atoms with Crippen molar-refractivity contribution in [2.75, 3.05) is 13.1 Å². The molecule has 24 heavy (non-hydrogen) atoms. The predicted octanol–water partition coefficient (Wildman–Crippen LogP) is 2.76. The Balaban J connectivity index is 1.44. The number of halogens is 1. The van der Waals surface area contributed by atoms with E-state index in [2.05, 4.69) is 29.6 Å². The van der Waals surface area contributed by atoms with Crippen LogP contribution in [0.1, 0.15) is 43.6 Å². The van der Waals surface area contributed by atoms with E-state index >= 15 is 0 Å². The zero-order chi connectivity index (χ0) is 16.9. The van der Waals surface area contributed by atoms with E-state index in [1.807, 2.05) is 12.1 Å². The average Bonchev–Trinajstić information content (AvgIpc) is 3.02. The van der Waals surface area contributed by atoms with Gasteiger partial charge in [0.25, 0.3) is 0 Å². The summed E-state index contributed by atoms with van der Waals surface area (Å²) >= 11 is 0. The molecule has 5 heteroatoms. The number of nitrogens with one attached hydrogen (secondary N) is 1. The number of likely N-dealkylation sites (tertiary alicyclic amines) is 1. The van der Waals surface area contributed by atoms with Crippen molar-refractivity contribution in [3.8, 4) is 6.07 Å². The number of rotatable bonds is 4. The van der Waals surface area contributed by atoms with Crippen molar-refractivity contribution in [3.63, 3.8) is 0 Å². The first-order valence-electron chi connectivity index (χ1n) is 8.79. The lowest BCUT2D eigenvalue weighted by molar-refractivity contribution is -0.130. The zero-order valence-corrected chi connectivity index (χ0v) is 13.8. The van der Waals surface area contributed by atoms with Crippen LogP contribution < -0.4 is 5.32 Å². The van der Waals surface area contributed by atoms with E-state index in [4.69, 9.17) is 5.26 Å². The summed E-state index contributed by atoms with van der Waals surface area (Å²) in [5.74, 6) is 0.445. The Hall–Kier alpha value is -1.93. The number of carbonyl (C=O) groups excluding carboxylic acids is 1. The van der Waals surface area contributed by atoms with Gasteiger partial charge in [0, 0.05) is 12.5 Å². The Morgan fingerprint density at radius 3 is 2.62 bits per heavy atom. The van der Waals surface area contributed by atoms with E-state index in [0.29, 0.717) is 12.0 Å². The smallest absolute Gasteiger partial charge is 0.237 e. The van der Waals surface area contributed by atoms with Gasteiger partial charge >= 0.3 is 0 Å². The molecule has 1 aliphatic carbocycles. The molecular formula is C19H24FN3O. The van der Waals surface area contributed by atoms with Crippen molar-refractivity contribution in [3.05, 3.63) is 35.9 Å². The van der Waals surface area contributed by atoms with Gasteiger partial charge in [-0.05, 0) is 37.2 Å². The van der Waals surface area contributed by atoms with E-state index in [-0.39, 0.29) is 25.4 Å². The molecular weight excluding hydrogens is 305 g/mol. The Kier molecular flexibility index (Phi) is 5.47. The quantitative estimate of drug-likeness (QED) is 0.924. The summed E-state index contributed by atoms with van der Waals surface area (Å²) in [6, 6.07) is 12.3. The number of nitrogens with zero attached hydrogens (tertiary/aromatic N) is 2. The monoisotopic (exact) mass is 329 g/mol. The maximum Gasteiger partial charge on any atom is 0.237 e. The molecule has 4 nitrogen and oxygen atoms in total. The maximum atomic E-state index is 13.4. The summed E-state index contributed by atoms with van der Waals surface area (Å²) < 4.78 is 13.4. The molecule has 2 aliphatic rings. The molecule has 2 atom stereocenters. The summed E-state index contributed by atoms with van der Waals surface area (Å²) in [7, 11) is 0. The molecule has 0 radical (unpaired) electrons. The van der Waals surface area contributed by atoms with Gasteiger partial charge in [0.1, 0.15) is 12.2 Å². The average molecular weight is 329 g/mol. The van der Waals surface area contributed by atoms with Gasteiger partial charge in [-0.3, -0.25) is 4.79 Å². The highest BCUT2D eigenvalue weighted by molar-refractivity contribution is 5.79. The molecule has 1 aliphatic heterocycles. The van der Waals surface area contributed by atoms with Crippen LogP contribution in [-0.2, 0) is 4.79 Å². The van der Waals surface area contributed by atoms with Crippen molar-refractivity contribution < 1.29 is 9.18 Å². The Morgan fingerprint density at radius 1 is 1.25 bits per heavy atom. The number of benzene rings is 1. The number of amides is 1. The van der Waals surface area contributed by atoms with Crippen LogP contribution >= 0.6 is 0 Å². The van der Waals surface area contributed by atoms with E-state index in [0.717, 1.165) is 25.7 Å². The summed E-state index contributed by atoms with van der Waals surface area (Å²) in [4.78, 5) is 13.6. The second kappa shape index (κ2) is 7.76. The number of hydrogen-bond donors (Lipinski definition) is 1. The fraction of sp³-hybridized carbons (Fsp3) is 0.579. The minimum absolute atomic E-state index is 0.0550. The maximum absolute atomic E-state index is 13.4. The van der Waals surface area contributed by atoms with Gasteiger partial charge in [-0.25, -0.2) is 4.39 Å². The van der Waals surface area contributed by atoms with Crippen molar-refractivity contribution in [1.29, 1.82) is 5.26 Å². The molecule has 1 amide bonds. The third-order valence-corrected chi connectivity index (χ3v) is 5.26. The van der Waals surface area contributed by atoms with Crippen LogP contribution in [0.15, 0.2) is 30.3 Å². The fourth-order valence-corrected chi connectivity index (χ4v) is 3.87. The predicted molar refractivity (Wildman–Crippen MR) is 90.1 cm³/mol. The van der Waals surface area contributed by atoms with Crippen molar-refractivity contribution in [2.24, 2.45) is 0 Å². The molecule has 0 bridgehead atoms. The number of nitriles is 1. The van der Waals surface area contributed by atoms with E-state index in [1.54, 1.807) is 0 Å². The molecule has 0 aromatic heterocycles. The summed E-state index contributed by atoms with van der Waals surface area (Å²) in [6.07, 6.45) is 3.39. The van der Waals surface area contributed by atoms with Gasteiger partial charge in [-0.1, -0.05) is 30.3 Å². The molecule has 0 spiro atoms. The largest absolute Gasteiger partial charge is 0.323 e. The molecule has 1 saturated carbocycles.